The second-order valence-electron chi connectivity index (χ2n) is 3.67. The van der Waals surface area contributed by atoms with Crippen molar-refractivity contribution < 1.29 is 4.79 Å². The van der Waals surface area contributed by atoms with Gasteiger partial charge in [0.2, 0.25) is 5.13 Å². The van der Waals surface area contributed by atoms with E-state index in [0.717, 1.165) is 5.01 Å². The number of carbonyl (C=O) groups excluding carboxylic acids is 1. The third-order valence-corrected chi connectivity index (χ3v) is 3.11. The minimum atomic E-state index is -0.292. The van der Waals surface area contributed by atoms with Gasteiger partial charge in [-0.2, -0.15) is 0 Å². The van der Waals surface area contributed by atoms with Crippen LogP contribution in [0.2, 0.25) is 5.15 Å². The third-order valence-electron chi connectivity index (χ3n) is 2.16. The lowest BCUT2D eigenvalue weighted by Crippen LogP contribution is -2.13. The molecule has 6 nitrogen and oxygen atoms in total. The van der Waals surface area contributed by atoms with Crippen LogP contribution in [0.5, 0.6) is 0 Å². The average molecular weight is 298 g/mol. The van der Waals surface area contributed by atoms with Gasteiger partial charge >= 0.3 is 0 Å². The summed E-state index contributed by atoms with van der Waals surface area (Å²) in [7, 11) is 0. The molecule has 0 aromatic carbocycles. The summed E-state index contributed by atoms with van der Waals surface area (Å²) < 4.78 is 0. The van der Waals surface area contributed by atoms with Crippen LogP contribution in [-0.4, -0.2) is 27.6 Å². The molecule has 0 unspecified atom stereocenters. The van der Waals surface area contributed by atoms with Gasteiger partial charge in [0.1, 0.15) is 16.0 Å². The Labute approximate surface area is 119 Å². The van der Waals surface area contributed by atoms with Gasteiger partial charge in [-0.05, 0) is 26.0 Å². The van der Waals surface area contributed by atoms with Gasteiger partial charge in [0, 0.05) is 12.1 Å². The van der Waals surface area contributed by atoms with Crippen molar-refractivity contribution in [2.75, 3.05) is 17.2 Å². The topological polar surface area (TPSA) is 79.8 Å². The van der Waals surface area contributed by atoms with E-state index in [-0.39, 0.29) is 11.1 Å². The Morgan fingerprint density at radius 1 is 1.42 bits per heavy atom. The number of aromatic nitrogens is 3. The molecule has 0 fully saturated rings. The number of amides is 1. The van der Waals surface area contributed by atoms with Crippen molar-refractivity contribution in [1.29, 1.82) is 0 Å². The summed E-state index contributed by atoms with van der Waals surface area (Å²) >= 11 is 7.19. The quantitative estimate of drug-likeness (QED) is 0.848. The Morgan fingerprint density at radius 3 is 2.84 bits per heavy atom. The van der Waals surface area contributed by atoms with Gasteiger partial charge in [-0.3, -0.25) is 10.1 Å². The maximum absolute atomic E-state index is 12.0. The maximum Gasteiger partial charge on any atom is 0.257 e. The van der Waals surface area contributed by atoms with E-state index in [1.165, 1.54) is 17.4 Å². The molecule has 19 heavy (non-hydrogen) atoms. The summed E-state index contributed by atoms with van der Waals surface area (Å²) in [6.07, 6.45) is 0. The van der Waals surface area contributed by atoms with Crippen LogP contribution >= 0.6 is 22.9 Å². The molecule has 0 aliphatic rings. The number of aryl methyl sites for hydroxylation is 1. The van der Waals surface area contributed by atoms with E-state index in [4.69, 9.17) is 11.6 Å². The van der Waals surface area contributed by atoms with Gasteiger partial charge in [0.25, 0.3) is 5.91 Å². The zero-order valence-electron chi connectivity index (χ0n) is 10.4. The lowest BCUT2D eigenvalue weighted by Gasteiger charge is -2.06. The zero-order valence-corrected chi connectivity index (χ0v) is 12.0. The van der Waals surface area contributed by atoms with Gasteiger partial charge in [-0.15, -0.1) is 10.2 Å². The molecular formula is C11H12ClN5OS. The summed E-state index contributed by atoms with van der Waals surface area (Å²) in [5.74, 6) is 0.271. The van der Waals surface area contributed by atoms with Gasteiger partial charge in [-0.25, -0.2) is 4.98 Å². The van der Waals surface area contributed by atoms with Crippen molar-refractivity contribution in [1.82, 2.24) is 15.2 Å². The molecule has 100 valence electrons. The maximum atomic E-state index is 12.0. The molecule has 0 spiro atoms. The highest BCUT2D eigenvalue weighted by Gasteiger charge is 2.11. The second kappa shape index (κ2) is 5.94. The molecule has 2 aromatic heterocycles. The fourth-order valence-corrected chi connectivity index (χ4v) is 2.21. The first kappa shape index (κ1) is 13.7. The van der Waals surface area contributed by atoms with E-state index in [1.807, 2.05) is 13.8 Å². The van der Waals surface area contributed by atoms with Crippen molar-refractivity contribution >= 4 is 39.8 Å². The number of hydrogen-bond donors (Lipinski definition) is 2. The molecule has 8 heteroatoms. The number of halogens is 1. The minimum absolute atomic E-state index is 0.261. The Hall–Kier alpha value is -1.73. The van der Waals surface area contributed by atoms with E-state index >= 15 is 0 Å². The van der Waals surface area contributed by atoms with Crippen LogP contribution in [0.25, 0.3) is 0 Å². The van der Waals surface area contributed by atoms with Crippen LogP contribution in [0.15, 0.2) is 12.1 Å². The number of carbonyl (C=O) groups is 1. The van der Waals surface area contributed by atoms with Crippen molar-refractivity contribution in [2.45, 2.75) is 13.8 Å². The number of pyridine rings is 1. The molecule has 0 saturated heterocycles. The normalized spacial score (nSPS) is 10.3. The largest absolute Gasteiger partial charge is 0.370 e. The molecule has 0 atom stereocenters. The van der Waals surface area contributed by atoms with Gasteiger partial charge in [0.05, 0.1) is 0 Å². The van der Waals surface area contributed by atoms with E-state index < -0.39 is 0 Å². The van der Waals surface area contributed by atoms with Crippen LogP contribution in [0.1, 0.15) is 22.3 Å². The summed E-state index contributed by atoms with van der Waals surface area (Å²) in [6.45, 7) is 4.45. The fraction of sp³-hybridized carbons (Fsp3) is 0.273. The molecule has 0 aliphatic heterocycles. The first-order valence-corrected chi connectivity index (χ1v) is 6.81. The van der Waals surface area contributed by atoms with Crippen molar-refractivity contribution in [3.8, 4) is 0 Å². The monoisotopic (exact) mass is 297 g/mol. The molecule has 2 N–H and O–H groups in total. The minimum Gasteiger partial charge on any atom is -0.370 e. The summed E-state index contributed by atoms with van der Waals surface area (Å²) in [5, 5.41) is 14.9. The van der Waals surface area contributed by atoms with Crippen LogP contribution < -0.4 is 10.6 Å². The first-order chi connectivity index (χ1) is 9.08. The number of hydrogen-bond acceptors (Lipinski definition) is 6. The van der Waals surface area contributed by atoms with Crippen LogP contribution in [0, 0.1) is 6.92 Å². The van der Waals surface area contributed by atoms with Crippen molar-refractivity contribution in [3.05, 3.63) is 27.9 Å². The van der Waals surface area contributed by atoms with Crippen LogP contribution in [-0.2, 0) is 0 Å². The van der Waals surface area contributed by atoms with Gasteiger partial charge in [-0.1, -0.05) is 22.9 Å². The predicted molar refractivity (Wildman–Crippen MR) is 76.0 cm³/mol. The van der Waals surface area contributed by atoms with Gasteiger partial charge in [0.15, 0.2) is 0 Å². The molecule has 0 saturated carbocycles. The second-order valence-corrected chi connectivity index (χ2v) is 5.24. The van der Waals surface area contributed by atoms with Gasteiger partial charge < -0.3 is 5.32 Å². The molecule has 2 heterocycles. The standard InChI is InChI=1S/C11H12ClN5OS/c1-3-13-9-5-7(4-8(12)14-9)10(18)15-11-17-16-6(2)19-11/h4-5H,3H2,1-2H3,(H,13,14)(H,15,17,18). The highest BCUT2D eigenvalue weighted by atomic mass is 35.5. The summed E-state index contributed by atoms with van der Waals surface area (Å²) in [4.78, 5) is 16.1. The molecule has 2 aromatic rings. The lowest BCUT2D eigenvalue weighted by molar-refractivity contribution is 0.102. The third kappa shape index (κ3) is 3.62. The first-order valence-electron chi connectivity index (χ1n) is 5.61. The summed E-state index contributed by atoms with van der Waals surface area (Å²) in [6, 6.07) is 3.14. The van der Waals surface area contributed by atoms with Crippen molar-refractivity contribution in [3.63, 3.8) is 0 Å². The molecule has 0 bridgehead atoms. The van der Waals surface area contributed by atoms with E-state index in [2.05, 4.69) is 25.8 Å². The lowest BCUT2D eigenvalue weighted by atomic mass is 10.2. The van der Waals surface area contributed by atoms with E-state index in [9.17, 15) is 4.79 Å². The van der Waals surface area contributed by atoms with E-state index in [1.54, 1.807) is 6.07 Å². The molecule has 0 radical (unpaired) electrons. The number of nitrogens with zero attached hydrogens (tertiary/aromatic N) is 3. The summed E-state index contributed by atoms with van der Waals surface area (Å²) in [5.41, 5.74) is 0.420. The number of nitrogens with one attached hydrogen (secondary N) is 2. The molecule has 0 aliphatic carbocycles. The average Bonchev–Trinajstić information content (AvgIpc) is 2.74. The van der Waals surface area contributed by atoms with Crippen molar-refractivity contribution in [2.24, 2.45) is 0 Å². The Balaban J connectivity index is 2.18. The highest BCUT2D eigenvalue weighted by molar-refractivity contribution is 7.15. The number of anilines is 2. The zero-order chi connectivity index (χ0) is 13.8. The smallest absolute Gasteiger partial charge is 0.257 e. The molecule has 1 amide bonds. The fourth-order valence-electron chi connectivity index (χ4n) is 1.42. The Kier molecular flexibility index (Phi) is 4.28. The molecule has 2 rings (SSSR count). The number of rotatable bonds is 4. The SMILES string of the molecule is CCNc1cc(C(=O)Nc2nnc(C)s2)cc(Cl)n1. The Bertz CT molecular complexity index is 601. The van der Waals surface area contributed by atoms with Crippen LogP contribution in [0.3, 0.4) is 0 Å². The Morgan fingerprint density at radius 2 is 2.21 bits per heavy atom. The highest BCUT2D eigenvalue weighted by Crippen LogP contribution is 2.18. The predicted octanol–water partition coefficient (Wildman–Crippen LogP) is 2.58. The van der Waals surface area contributed by atoms with Crippen LogP contribution in [0.4, 0.5) is 10.9 Å². The molecular weight excluding hydrogens is 286 g/mol. The van der Waals surface area contributed by atoms with E-state index in [0.29, 0.717) is 23.1 Å².